The van der Waals surface area contributed by atoms with E-state index in [2.05, 4.69) is 45.8 Å². The van der Waals surface area contributed by atoms with Crippen molar-refractivity contribution in [2.24, 2.45) is 10.9 Å². The number of aromatic nitrogens is 6. The molecule has 1 atom stereocenters. The maximum absolute atomic E-state index is 12.2. The van der Waals surface area contributed by atoms with Gasteiger partial charge in [0, 0.05) is 55.8 Å². The van der Waals surface area contributed by atoms with E-state index in [4.69, 9.17) is 0 Å². The molecule has 0 spiro atoms. The number of aliphatic imine (C=N–C) groups is 1. The number of allylic oxidation sites excluding steroid dienone is 1. The number of hydrogen-bond acceptors (Lipinski definition) is 7. The minimum Gasteiger partial charge on any atom is -0.355 e. The standard InChI is InChI=1S/C23H21N9O2/c1-24-23(34)16-9-26-10-17-18(16)30-21(29-17)19-15-5-13(7-27-20(15)32-31-19)12-4-14(8-25-6-12)28-22(33)11-2-3-11/h5-12H,2-4H2,1H3,(H,24,34)(H,28,33)(H,29,30)(H,27,31,32). The Hall–Kier alpha value is -4.41. The molecular weight excluding hydrogens is 434 g/mol. The van der Waals surface area contributed by atoms with E-state index in [9.17, 15) is 9.59 Å². The summed E-state index contributed by atoms with van der Waals surface area (Å²) in [7, 11) is 1.57. The number of fused-ring (bicyclic) bond motifs is 2. The zero-order valence-electron chi connectivity index (χ0n) is 18.3. The van der Waals surface area contributed by atoms with Gasteiger partial charge < -0.3 is 15.6 Å². The molecule has 1 saturated carbocycles. The first-order chi connectivity index (χ1) is 16.6. The van der Waals surface area contributed by atoms with Crippen molar-refractivity contribution in [2.45, 2.75) is 25.2 Å². The molecule has 5 heterocycles. The smallest absolute Gasteiger partial charge is 0.254 e. The highest BCUT2D eigenvalue weighted by molar-refractivity contribution is 6.05. The number of hydrogen-bond donors (Lipinski definition) is 4. The molecule has 6 rings (SSSR count). The molecule has 0 saturated heterocycles. The van der Waals surface area contributed by atoms with E-state index in [1.165, 1.54) is 6.20 Å². The first-order valence-electron chi connectivity index (χ1n) is 11.0. The molecule has 2 amide bonds. The lowest BCUT2D eigenvalue weighted by atomic mass is 9.94. The van der Waals surface area contributed by atoms with Gasteiger partial charge in [-0.15, -0.1) is 0 Å². The Morgan fingerprint density at radius 2 is 2.06 bits per heavy atom. The number of aromatic amines is 2. The molecular formula is C23H21N9O2. The predicted octanol–water partition coefficient (Wildman–Crippen LogP) is 2.18. The lowest BCUT2D eigenvalue weighted by molar-refractivity contribution is -0.121. The molecule has 2 aliphatic rings. The molecule has 1 fully saturated rings. The molecule has 1 aliphatic heterocycles. The van der Waals surface area contributed by atoms with Gasteiger partial charge in [0.25, 0.3) is 5.91 Å². The van der Waals surface area contributed by atoms with Crippen molar-refractivity contribution in [3.05, 3.63) is 47.7 Å². The van der Waals surface area contributed by atoms with Crippen molar-refractivity contribution in [2.75, 3.05) is 7.05 Å². The zero-order chi connectivity index (χ0) is 23.2. The topological polar surface area (TPSA) is 154 Å². The predicted molar refractivity (Wildman–Crippen MR) is 125 cm³/mol. The normalized spacial score (nSPS) is 17.7. The second-order valence-corrected chi connectivity index (χ2v) is 8.51. The van der Waals surface area contributed by atoms with Crippen LogP contribution < -0.4 is 10.6 Å². The fourth-order valence-electron chi connectivity index (χ4n) is 4.12. The number of rotatable bonds is 5. The van der Waals surface area contributed by atoms with Crippen molar-refractivity contribution in [3.8, 4) is 11.5 Å². The summed E-state index contributed by atoms with van der Waals surface area (Å²) in [4.78, 5) is 45.2. The van der Waals surface area contributed by atoms with Crippen molar-refractivity contribution in [1.82, 2.24) is 40.8 Å². The molecule has 4 N–H and O–H groups in total. The monoisotopic (exact) mass is 455 g/mol. The SMILES string of the molecule is CNC(=O)c1cncc2[nH]c(-c3[nH]nc4ncc(C5C=NC=C(NC(=O)C6CC6)C5)cc34)nc12. The van der Waals surface area contributed by atoms with E-state index in [1.807, 2.05) is 12.3 Å². The van der Waals surface area contributed by atoms with Gasteiger partial charge in [0.15, 0.2) is 11.5 Å². The van der Waals surface area contributed by atoms with E-state index < -0.39 is 0 Å². The van der Waals surface area contributed by atoms with Gasteiger partial charge in [0.2, 0.25) is 5.91 Å². The first-order valence-corrected chi connectivity index (χ1v) is 11.0. The Bertz CT molecular complexity index is 1510. The Kier molecular flexibility index (Phi) is 4.68. The van der Waals surface area contributed by atoms with Crippen LogP contribution in [0.3, 0.4) is 0 Å². The van der Waals surface area contributed by atoms with Crippen molar-refractivity contribution in [1.29, 1.82) is 0 Å². The molecule has 11 heteroatoms. The molecule has 0 bridgehead atoms. The van der Waals surface area contributed by atoms with Gasteiger partial charge in [0.05, 0.1) is 22.7 Å². The van der Waals surface area contributed by atoms with Crippen molar-refractivity contribution in [3.63, 3.8) is 0 Å². The maximum Gasteiger partial charge on any atom is 0.254 e. The highest BCUT2D eigenvalue weighted by Gasteiger charge is 2.30. The summed E-state index contributed by atoms with van der Waals surface area (Å²) in [5, 5.41) is 13.7. The Morgan fingerprint density at radius 1 is 1.18 bits per heavy atom. The highest BCUT2D eigenvalue weighted by atomic mass is 16.2. The fourth-order valence-corrected chi connectivity index (χ4v) is 4.12. The number of H-pyrrole nitrogens is 2. The molecule has 0 aromatic carbocycles. The van der Waals surface area contributed by atoms with E-state index in [0.29, 0.717) is 40.2 Å². The molecule has 170 valence electrons. The van der Waals surface area contributed by atoms with Gasteiger partial charge in [-0.1, -0.05) is 0 Å². The first kappa shape index (κ1) is 20.2. The van der Waals surface area contributed by atoms with Gasteiger partial charge in [-0.2, -0.15) is 5.10 Å². The van der Waals surface area contributed by atoms with Gasteiger partial charge >= 0.3 is 0 Å². The average molecular weight is 455 g/mol. The van der Waals surface area contributed by atoms with Crippen LogP contribution in [-0.4, -0.2) is 55.2 Å². The lowest BCUT2D eigenvalue weighted by Crippen LogP contribution is -2.26. The molecule has 0 radical (unpaired) electrons. The van der Waals surface area contributed by atoms with E-state index in [-0.39, 0.29) is 23.7 Å². The summed E-state index contributed by atoms with van der Waals surface area (Å²) in [5.41, 5.74) is 4.53. The quantitative estimate of drug-likeness (QED) is 0.362. The van der Waals surface area contributed by atoms with Crippen molar-refractivity contribution < 1.29 is 9.59 Å². The summed E-state index contributed by atoms with van der Waals surface area (Å²) in [6.07, 6.45) is 11.0. The zero-order valence-corrected chi connectivity index (χ0v) is 18.3. The Morgan fingerprint density at radius 3 is 2.88 bits per heavy atom. The summed E-state index contributed by atoms with van der Waals surface area (Å²) in [6, 6.07) is 2.01. The van der Waals surface area contributed by atoms with Crippen LogP contribution in [0.1, 0.15) is 41.1 Å². The van der Waals surface area contributed by atoms with E-state index in [0.717, 1.165) is 29.5 Å². The van der Waals surface area contributed by atoms with Gasteiger partial charge in [0.1, 0.15) is 11.2 Å². The van der Waals surface area contributed by atoms with Crippen LogP contribution in [0.25, 0.3) is 33.6 Å². The number of pyridine rings is 2. The number of nitrogens with one attached hydrogen (secondary N) is 4. The minimum atomic E-state index is -0.260. The highest BCUT2D eigenvalue weighted by Crippen LogP contribution is 2.32. The third kappa shape index (κ3) is 3.51. The molecule has 4 aromatic heterocycles. The number of carbonyl (C=O) groups is 2. The van der Waals surface area contributed by atoms with Crippen LogP contribution in [0.4, 0.5) is 0 Å². The molecule has 4 aromatic rings. The fraction of sp³-hybridized carbons (Fsp3) is 0.261. The van der Waals surface area contributed by atoms with Gasteiger partial charge in [-0.3, -0.25) is 24.7 Å². The minimum absolute atomic E-state index is 0.0288. The summed E-state index contributed by atoms with van der Waals surface area (Å²) in [5.74, 6) is 0.454. The molecule has 1 aliphatic carbocycles. The van der Waals surface area contributed by atoms with Crippen molar-refractivity contribution >= 4 is 40.1 Å². The lowest BCUT2D eigenvalue weighted by Gasteiger charge is -2.18. The number of nitrogens with zero attached hydrogens (tertiary/aromatic N) is 5. The average Bonchev–Trinajstić information content (AvgIpc) is 3.49. The second kappa shape index (κ2) is 7.87. The largest absolute Gasteiger partial charge is 0.355 e. The maximum atomic E-state index is 12.2. The third-order valence-corrected chi connectivity index (χ3v) is 6.13. The second-order valence-electron chi connectivity index (χ2n) is 8.51. The van der Waals surface area contributed by atoms with Gasteiger partial charge in [-0.25, -0.2) is 9.97 Å². The van der Waals surface area contributed by atoms with Crippen LogP contribution in [0.15, 0.2) is 41.5 Å². The Balaban J connectivity index is 1.33. The molecule has 11 nitrogen and oxygen atoms in total. The summed E-state index contributed by atoms with van der Waals surface area (Å²) >= 11 is 0. The molecule has 34 heavy (non-hydrogen) atoms. The van der Waals surface area contributed by atoms with Crippen LogP contribution in [-0.2, 0) is 4.79 Å². The van der Waals surface area contributed by atoms with Crippen LogP contribution in [0.2, 0.25) is 0 Å². The van der Waals surface area contributed by atoms with Crippen LogP contribution >= 0.6 is 0 Å². The number of carbonyl (C=O) groups excluding carboxylic acids is 2. The summed E-state index contributed by atoms with van der Waals surface area (Å²) < 4.78 is 0. The number of amides is 2. The van der Waals surface area contributed by atoms with E-state index in [1.54, 1.807) is 25.6 Å². The summed E-state index contributed by atoms with van der Waals surface area (Å²) in [6.45, 7) is 0. The molecule has 1 unspecified atom stereocenters. The van der Waals surface area contributed by atoms with Gasteiger partial charge in [-0.05, 0) is 24.5 Å². The Labute approximate surface area is 193 Å². The van der Waals surface area contributed by atoms with Crippen LogP contribution in [0.5, 0.6) is 0 Å². The van der Waals surface area contributed by atoms with E-state index >= 15 is 0 Å². The van der Waals surface area contributed by atoms with Crippen LogP contribution in [0, 0.1) is 5.92 Å². The number of imidazole rings is 1. The third-order valence-electron chi connectivity index (χ3n) is 6.13.